The number of amides is 1. The number of aryl methyl sites for hydroxylation is 1. The Morgan fingerprint density at radius 2 is 2.32 bits per heavy atom. The van der Waals surface area contributed by atoms with Crippen molar-refractivity contribution in [3.05, 3.63) is 29.3 Å². The number of carbonyl (C=O) groups is 1. The number of likely N-dealkylation sites (N-methyl/N-ethyl adjacent to an activating group) is 1. The Bertz CT molecular complexity index is 453. The van der Waals surface area contributed by atoms with Crippen LogP contribution in [0.3, 0.4) is 0 Å². The van der Waals surface area contributed by atoms with Crippen molar-refractivity contribution >= 4 is 11.6 Å². The Morgan fingerprint density at radius 3 is 2.84 bits per heavy atom. The van der Waals surface area contributed by atoms with Crippen LogP contribution in [0.15, 0.2) is 18.2 Å². The van der Waals surface area contributed by atoms with Crippen LogP contribution >= 0.6 is 0 Å². The number of rotatable bonds is 4. The van der Waals surface area contributed by atoms with E-state index >= 15 is 0 Å². The molecular weight excluding hydrogens is 238 g/mol. The zero-order valence-corrected chi connectivity index (χ0v) is 11.8. The molecule has 4 heteroatoms. The lowest BCUT2D eigenvalue weighted by Gasteiger charge is -2.36. The van der Waals surface area contributed by atoms with E-state index in [9.17, 15) is 4.79 Å². The molecule has 1 atom stereocenters. The standard InChI is InChI=1S/C15H23N3O/c1-3-18(13-5-4-8-17-10-13)12-6-7-14(15(16)19)11(2)9-12/h6-7,9,13,17H,3-5,8,10H2,1-2H3,(H2,16,19). The van der Waals surface area contributed by atoms with Crippen LogP contribution in [0, 0.1) is 6.92 Å². The van der Waals surface area contributed by atoms with Crippen molar-refractivity contribution in [2.24, 2.45) is 5.73 Å². The van der Waals surface area contributed by atoms with Gasteiger partial charge in [-0.3, -0.25) is 4.79 Å². The fourth-order valence-corrected chi connectivity index (χ4v) is 2.85. The van der Waals surface area contributed by atoms with Crippen LogP contribution < -0.4 is 16.0 Å². The minimum absolute atomic E-state index is 0.355. The van der Waals surface area contributed by atoms with Gasteiger partial charge in [-0.2, -0.15) is 0 Å². The van der Waals surface area contributed by atoms with E-state index in [1.165, 1.54) is 18.5 Å². The van der Waals surface area contributed by atoms with Crippen LogP contribution in [0.5, 0.6) is 0 Å². The third-order valence-electron chi connectivity index (χ3n) is 3.86. The molecule has 1 fully saturated rings. The molecular formula is C15H23N3O. The van der Waals surface area contributed by atoms with Gasteiger partial charge < -0.3 is 16.0 Å². The fraction of sp³-hybridized carbons (Fsp3) is 0.533. The SMILES string of the molecule is CCN(c1ccc(C(N)=O)c(C)c1)C1CCCNC1. The normalized spacial score (nSPS) is 19.2. The zero-order valence-electron chi connectivity index (χ0n) is 11.8. The first-order valence-corrected chi connectivity index (χ1v) is 7.01. The summed E-state index contributed by atoms with van der Waals surface area (Å²) in [5.74, 6) is -0.355. The number of piperidine rings is 1. The van der Waals surface area contributed by atoms with E-state index in [0.717, 1.165) is 25.2 Å². The summed E-state index contributed by atoms with van der Waals surface area (Å²) in [4.78, 5) is 13.7. The number of hydrogen-bond donors (Lipinski definition) is 2. The highest BCUT2D eigenvalue weighted by molar-refractivity contribution is 5.94. The molecule has 19 heavy (non-hydrogen) atoms. The number of nitrogens with zero attached hydrogens (tertiary/aromatic N) is 1. The topological polar surface area (TPSA) is 58.4 Å². The largest absolute Gasteiger partial charge is 0.368 e. The maximum absolute atomic E-state index is 11.3. The molecule has 1 aliphatic rings. The highest BCUT2D eigenvalue weighted by Gasteiger charge is 2.20. The lowest BCUT2D eigenvalue weighted by atomic mass is 10.0. The van der Waals surface area contributed by atoms with E-state index in [4.69, 9.17) is 5.73 Å². The van der Waals surface area contributed by atoms with Crippen LogP contribution in [0.4, 0.5) is 5.69 Å². The quantitative estimate of drug-likeness (QED) is 0.867. The van der Waals surface area contributed by atoms with Crippen molar-refractivity contribution in [2.75, 3.05) is 24.5 Å². The molecule has 0 radical (unpaired) electrons. The van der Waals surface area contributed by atoms with Crippen LogP contribution in [0.2, 0.25) is 0 Å². The molecule has 0 aromatic heterocycles. The van der Waals surface area contributed by atoms with Gasteiger partial charge in [-0.05, 0) is 57.0 Å². The fourth-order valence-electron chi connectivity index (χ4n) is 2.85. The van der Waals surface area contributed by atoms with Crippen molar-refractivity contribution in [1.82, 2.24) is 5.32 Å². The molecule has 1 aliphatic heterocycles. The number of carbonyl (C=O) groups excluding carboxylic acids is 1. The predicted molar refractivity (Wildman–Crippen MR) is 78.6 cm³/mol. The molecule has 1 amide bonds. The molecule has 0 aliphatic carbocycles. The first-order chi connectivity index (χ1) is 9.13. The van der Waals surface area contributed by atoms with Gasteiger partial charge in [0.05, 0.1) is 0 Å². The average molecular weight is 261 g/mol. The summed E-state index contributed by atoms with van der Waals surface area (Å²) in [5, 5.41) is 3.45. The highest BCUT2D eigenvalue weighted by Crippen LogP contribution is 2.23. The molecule has 1 aromatic rings. The lowest BCUT2D eigenvalue weighted by Crippen LogP contribution is -2.46. The van der Waals surface area contributed by atoms with E-state index < -0.39 is 0 Å². The Kier molecular flexibility index (Phi) is 4.43. The molecule has 1 aromatic carbocycles. The predicted octanol–water partition coefficient (Wildman–Crippen LogP) is 1.67. The summed E-state index contributed by atoms with van der Waals surface area (Å²) in [6.45, 7) is 7.24. The summed E-state index contributed by atoms with van der Waals surface area (Å²) < 4.78 is 0. The zero-order chi connectivity index (χ0) is 13.8. The number of nitrogens with two attached hydrogens (primary N) is 1. The molecule has 1 unspecified atom stereocenters. The van der Waals surface area contributed by atoms with E-state index in [1.807, 2.05) is 19.1 Å². The minimum Gasteiger partial charge on any atom is -0.368 e. The van der Waals surface area contributed by atoms with E-state index in [0.29, 0.717) is 11.6 Å². The molecule has 4 nitrogen and oxygen atoms in total. The maximum Gasteiger partial charge on any atom is 0.248 e. The first kappa shape index (κ1) is 13.9. The van der Waals surface area contributed by atoms with E-state index in [-0.39, 0.29) is 5.91 Å². The van der Waals surface area contributed by atoms with Gasteiger partial charge in [0.25, 0.3) is 0 Å². The molecule has 0 bridgehead atoms. The molecule has 0 spiro atoms. The average Bonchev–Trinajstić information content (AvgIpc) is 2.40. The number of anilines is 1. The van der Waals surface area contributed by atoms with Crippen molar-refractivity contribution < 1.29 is 4.79 Å². The Labute approximate surface area is 115 Å². The number of hydrogen-bond acceptors (Lipinski definition) is 3. The summed E-state index contributed by atoms with van der Waals surface area (Å²) in [6.07, 6.45) is 2.44. The maximum atomic E-state index is 11.3. The molecule has 1 heterocycles. The summed E-state index contributed by atoms with van der Waals surface area (Å²) in [6, 6.07) is 6.45. The second kappa shape index (κ2) is 6.06. The number of nitrogens with one attached hydrogen (secondary N) is 1. The van der Waals surface area contributed by atoms with Gasteiger partial charge in [-0.15, -0.1) is 0 Å². The Balaban J connectivity index is 2.23. The monoisotopic (exact) mass is 261 g/mol. The van der Waals surface area contributed by atoms with Gasteiger partial charge in [0.15, 0.2) is 0 Å². The highest BCUT2D eigenvalue weighted by atomic mass is 16.1. The van der Waals surface area contributed by atoms with Crippen LogP contribution in [0.25, 0.3) is 0 Å². The molecule has 0 saturated carbocycles. The third kappa shape index (κ3) is 3.07. The van der Waals surface area contributed by atoms with E-state index in [1.54, 1.807) is 0 Å². The molecule has 104 valence electrons. The van der Waals surface area contributed by atoms with Crippen LogP contribution in [-0.2, 0) is 0 Å². The van der Waals surface area contributed by atoms with Gasteiger partial charge in [0.1, 0.15) is 0 Å². The first-order valence-electron chi connectivity index (χ1n) is 7.01. The van der Waals surface area contributed by atoms with Crippen molar-refractivity contribution in [3.8, 4) is 0 Å². The molecule has 1 saturated heterocycles. The second-order valence-electron chi connectivity index (χ2n) is 5.15. The van der Waals surface area contributed by atoms with Gasteiger partial charge in [-0.1, -0.05) is 0 Å². The Hall–Kier alpha value is -1.55. The smallest absolute Gasteiger partial charge is 0.248 e. The molecule has 2 rings (SSSR count). The lowest BCUT2D eigenvalue weighted by molar-refractivity contribution is 0.1000. The van der Waals surface area contributed by atoms with Crippen molar-refractivity contribution in [2.45, 2.75) is 32.7 Å². The van der Waals surface area contributed by atoms with Gasteiger partial charge >= 0.3 is 0 Å². The number of benzene rings is 1. The summed E-state index contributed by atoms with van der Waals surface area (Å²) in [5.41, 5.74) is 8.10. The molecule has 3 N–H and O–H groups in total. The van der Waals surface area contributed by atoms with Crippen molar-refractivity contribution in [3.63, 3.8) is 0 Å². The Morgan fingerprint density at radius 1 is 1.53 bits per heavy atom. The van der Waals surface area contributed by atoms with Crippen LogP contribution in [-0.4, -0.2) is 31.6 Å². The van der Waals surface area contributed by atoms with Gasteiger partial charge in [0.2, 0.25) is 5.91 Å². The minimum atomic E-state index is -0.355. The van der Waals surface area contributed by atoms with Gasteiger partial charge in [-0.25, -0.2) is 0 Å². The third-order valence-corrected chi connectivity index (χ3v) is 3.86. The summed E-state index contributed by atoms with van der Waals surface area (Å²) in [7, 11) is 0. The van der Waals surface area contributed by atoms with Crippen molar-refractivity contribution in [1.29, 1.82) is 0 Å². The van der Waals surface area contributed by atoms with E-state index in [2.05, 4.69) is 23.2 Å². The van der Waals surface area contributed by atoms with Crippen LogP contribution in [0.1, 0.15) is 35.7 Å². The number of primary amides is 1. The van der Waals surface area contributed by atoms with Gasteiger partial charge in [0, 0.05) is 30.4 Å². The second-order valence-corrected chi connectivity index (χ2v) is 5.15. The summed E-state index contributed by atoms with van der Waals surface area (Å²) >= 11 is 0.